The number of hydrogen-bond acceptors (Lipinski definition) is 4. The molecule has 3 rings (SSSR count). The predicted molar refractivity (Wildman–Crippen MR) is 110 cm³/mol. The number of nitrogens with two attached hydrogens (primary N) is 1. The van der Waals surface area contributed by atoms with E-state index in [2.05, 4.69) is 10.4 Å². The van der Waals surface area contributed by atoms with E-state index in [-0.39, 0.29) is 11.7 Å². The van der Waals surface area contributed by atoms with E-state index >= 15 is 0 Å². The minimum Gasteiger partial charge on any atom is -0.481 e. The molecule has 0 aliphatic rings. The van der Waals surface area contributed by atoms with Gasteiger partial charge in [-0.05, 0) is 11.1 Å². The third-order valence-corrected chi connectivity index (χ3v) is 3.80. The molecule has 0 unspecified atom stereocenters. The lowest BCUT2D eigenvalue weighted by molar-refractivity contribution is -0.134. The summed E-state index contributed by atoms with van der Waals surface area (Å²) < 4.78 is 1.74. The van der Waals surface area contributed by atoms with Crippen LogP contribution in [-0.2, 0) is 17.9 Å². The lowest BCUT2D eigenvalue weighted by Crippen LogP contribution is -2.22. The smallest absolute Gasteiger partial charge is 0.300 e. The second kappa shape index (κ2) is 10.4. The van der Waals surface area contributed by atoms with Gasteiger partial charge >= 0.3 is 0 Å². The van der Waals surface area contributed by atoms with E-state index in [1.54, 1.807) is 29.2 Å². The van der Waals surface area contributed by atoms with Gasteiger partial charge in [-0.3, -0.25) is 19.7 Å². The maximum absolute atomic E-state index is 12.2. The van der Waals surface area contributed by atoms with Crippen molar-refractivity contribution >= 4 is 17.7 Å². The van der Waals surface area contributed by atoms with Crippen LogP contribution in [0.15, 0.2) is 67.0 Å². The quantitative estimate of drug-likeness (QED) is 0.376. The van der Waals surface area contributed by atoms with E-state index in [1.807, 2.05) is 42.5 Å². The van der Waals surface area contributed by atoms with Crippen molar-refractivity contribution in [2.75, 3.05) is 0 Å². The van der Waals surface area contributed by atoms with Crippen LogP contribution in [0.4, 0.5) is 0 Å². The summed E-state index contributed by atoms with van der Waals surface area (Å²) in [6.45, 7) is 2.11. The Balaban J connectivity index is 0.000000687. The highest BCUT2D eigenvalue weighted by atomic mass is 16.4. The monoisotopic (exact) mass is 393 g/mol. The molecule has 1 aromatic heterocycles. The van der Waals surface area contributed by atoms with E-state index in [9.17, 15) is 4.79 Å². The number of rotatable bonds is 6. The van der Waals surface area contributed by atoms with Crippen LogP contribution < -0.4 is 11.1 Å². The molecule has 0 spiro atoms. The van der Waals surface area contributed by atoms with Crippen molar-refractivity contribution in [3.05, 3.63) is 89.2 Å². The van der Waals surface area contributed by atoms with Gasteiger partial charge in [0, 0.05) is 25.2 Å². The van der Waals surface area contributed by atoms with Crippen molar-refractivity contribution in [3.8, 4) is 0 Å². The summed E-state index contributed by atoms with van der Waals surface area (Å²) >= 11 is 0. The topological polar surface area (TPSA) is 134 Å². The Morgan fingerprint density at radius 3 is 2.28 bits per heavy atom. The Morgan fingerprint density at radius 2 is 1.69 bits per heavy atom. The number of amides is 1. The number of benzene rings is 2. The second-order valence-electron chi connectivity index (χ2n) is 6.22. The van der Waals surface area contributed by atoms with Crippen LogP contribution in [0.5, 0.6) is 0 Å². The van der Waals surface area contributed by atoms with Crippen LogP contribution in [-0.4, -0.2) is 32.6 Å². The summed E-state index contributed by atoms with van der Waals surface area (Å²) in [5, 5.41) is 21.9. The third-order valence-electron chi connectivity index (χ3n) is 3.80. The molecule has 0 bridgehead atoms. The first-order chi connectivity index (χ1) is 13.8. The molecule has 0 radical (unpaired) electrons. The number of carbonyl (C=O) groups excluding carboxylic acids is 1. The first kappa shape index (κ1) is 21.4. The molecular formula is C21H23N5O3. The number of aliphatic carboxylic acids is 1. The number of carboxylic acids is 1. The number of carbonyl (C=O) groups is 2. The number of nitrogens with zero attached hydrogens (tertiary/aromatic N) is 2. The van der Waals surface area contributed by atoms with Crippen LogP contribution in [0.2, 0.25) is 0 Å². The Kier molecular flexibility index (Phi) is 7.67. The van der Waals surface area contributed by atoms with E-state index in [0.29, 0.717) is 24.2 Å². The molecule has 5 N–H and O–H groups in total. The Labute approximate surface area is 168 Å². The van der Waals surface area contributed by atoms with Crippen molar-refractivity contribution in [3.63, 3.8) is 0 Å². The molecular weight excluding hydrogens is 370 g/mol. The summed E-state index contributed by atoms with van der Waals surface area (Å²) in [6, 6.07) is 17.2. The zero-order chi connectivity index (χ0) is 21.2. The minimum atomic E-state index is -0.833. The Hall–Kier alpha value is -3.94. The van der Waals surface area contributed by atoms with E-state index < -0.39 is 5.97 Å². The van der Waals surface area contributed by atoms with Gasteiger partial charge in [0.15, 0.2) is 0 Å². The van der Waals surface area contributed by atoms with Crippen molar-refractivity contribution < 1.29 is 14.7 Å². The molecule has 0 fully saturated rings. The normalized spacial score (nSPS) is 9.83. The van der Waals surface area contributed by atoms with E-state index in [0.717, 1.165) is 18.1 Å². The van der Waals surface area contributed by atoms with Crippen molar-refractivity contribution in [1.29, 1.82) is 5.41 Å². The van der Waals surface area contributed by atoms with Gasteiger partial charge in [-0.2, -0.15) is 5.10 Å². The molecule has 0 atom stereocenters. The maximum atomic E-state index is 12.2. The molecule has 29 heavy (non-hydrogen) atoms. The van der Waals surface area contributed by atoms with E-state index in [4.69, 9.17) is 21.0 Å². The third kappa shape index (κ3) is 7.30. The number of carboxylic acid groups (broad SMARTS) is 1. The number of nitrogen functional groups attached to an aromatic ring is 1. The van der Waals surface area contributed by atoms with Gasteiger partial charge in [0.25, 0.3) is 11.9 Å². The summed E-state index contributed by atoms with van der Waals surface area (Å²) in [5.74, 6) is -0.976. The van der Waals surface area contributed by atoms with Gasteiger partial charge in [-0.1, -0.05) is 54.6 Å². The van der Waals surface area contributed by atoms with Gasteiger partial charge in [-0.15, -0.1) is 0 Å². The zero-order valence-electron chi connectivity index (χ0n) is 16.0. The van der Waals surface area contributed by atoms with Gasteiger partial charge in [-0.25, -0.2) is 0 Å². The Bertz CT molecular complexity index is 961. The average Bonchev–Trinajstić information content (AvgIpc) is 3.15. The minimum absolute atomic E-state index is 0.0291. The van der Waals surface area contributed by atoms with Gasteiger partial charge in [0.2, 0.25) is 0 Å². The molecule has 1 amide bonds. The predicted octanol–water partition coefficient (Wildman–Crippen LogP) is 2.24. The van der Waals surface area contributed by atoms with Gasteiger partial charge in [0.05, 0.1) is 18.3 Å². The standard InChI is InChI=1S/C19H19N5O.C2H4O2/c20-18(21)16-8-6-14(7-9-16)10-22-19(25)17-11-23-24(13-17)12-15-4-2-1-3-5-15;1-2(3)4/h1-9,11,13H,10,12H2,(H3,20,21)(H,22,25);1H3,(H,3,4). The maximum Gasteiger partial charge on any atom is 0.300 e. The number of hydrogen-bond donors (Lipinski definition) is 4. The summed E-state index contributed by atoms with van der Waals surface area (Å²) in [4.78, 5) is 21.2. The molecule has 0 aliphatic heterocycles. The fraction of sp³-hybridized carbons (Fsp3) is 0.143. The molecule has 0 aliphatic carbocycles. The van der Waals surface area contributed by atoms with Crippen molar-refractivity contribution in [2.45, 2.75) is 20.0 Å². The molecule has 8 nitrogen and oxygen atoms in total. The highest BCUT2D eigenvalue weighted by molar-refractivity contribution is 5.95. The molecule has 0 saturated carbocycles. The van der Waals surface area contributed by atoms with E-state index in [1.165, 1.54) is 0 Å². The van der Waals surface area contributed by atoms with Crippen LogP contribution in [0.3, 0.4) is 0 Å². The molecule has 0 saturated heterocycles. The van der Waals surface area contributed by atoms with Crippen molar-refractivity contribution in [2.24, 2.45) is 5.73 Å². The molecule has 8 heteroatoms. The van der Waals surface area contributed by atoms with Crippen LogP contribution in [0, 0.1) is 5.41 Å². The highest BCUT2D eigenvalue weighted by Crippen LogP contribution is 2.06. The fourth-order valence-corrected chi connectivity index (χ4v) is 2.42. The van der Waals surface area contributed by atoms with Crippen LogP contribution >= 0.6 is 0 Å². The first-order valence-electron chi connectivity index (χ1n) is 8.82. The lowest BCUT2D eigenvalue weighted by Gasteiger charge is -2.05. The second-order valence-corrected chi connectivity index (χ2v) is 6.22. The van der Waals surface area contributed by atoms with Crippen molar-refractivity contribution in [1.82, 2.24) is 15.1 Å². The summed E-state index contributed by atoms with van der Waals surface area (Å²) in [7, 11) is 0. The Morgan fingerprint density at radius 1 is 1.07 bits per heavy atom. The summed E-state index contributed by atoms with van der Waals surface area (Å²) in [6.07, 6.45) is 3.30. The van der Waals surface area contributed by atoms with Gasteiger partial charge in [0.1, 0.15) is 5.84 Å². The fourth-order valence-electron chi connectivity index (χ4n) is 2.42. The molecule has 150 valence electrons. The highest BCUT2D eigenvalue weighted by Gasteiger charge is 2.09. The van der Waals surface area contributed by atoms with Crippen LogP contribution in [0.25, 0.3) is 0 Å². The largest absolute Gasteiger partial charge is 0.481 e. The average molecular weight is 393 g/mol. The SMILES string of the molecule is CC(=O)O.N=C(N)c1ccc(CNC(=O)c2cnn(Cc3ccccc3)c2)cc1. The first-order valence-corrected chi connectivity index (χ1v) is 8.82. The number of nitrogens with one attached hydrogen (secondary N) is 2. The lowest BCUT2D eigenvalue weighted by atomic mass is 10.1. The number of aromatic nitrogens is 2. The van der Waals surface area contributed by atoms with Gasteiger partial charge < -0.3 is 16.2 Å². The molecule has 2 aromatic carbocycles. The van der Waals surface area contributed by atoms with Crippen LogP contribution in [0.1, 0.15) is 34.0 Å². The summed E-state index contributed by atoms with van der Waals surface area (Å²) in [5.41, 5.74) is 8.68. The zero-order valence-corrected chi connectivity index (χ0v) is 16.0. The number of amidine groups is 1. The molecule has 3 aromatic rings. The molecule has 1 heterocycles.